The number of hydrogen-bond acceptors (Lipinski definition) is 2. The van der Waals surface area contributed by atoms with E-state index >= 15 is 0 Å². The van der Waals surface area contributed by atoms with Crippen LogP contribution >= 0.6 is 0 Å². The molecule has 2 rings (SSSR count). The summed E-state index contributed by atoms with van der Waals surface area (Å²) in [5.74, 6) is 1.34. The van der Waals surface area contributed by atoms with Gasteiger partial charge in [-0.15, -0.1) is 0 Å². The van der Waals surface area contributed by atoms with Gasteiger partial charge in [0.2, 0.25) is 0 Å². The molecule has 1 aliphatic carbocycles. The molecule has 2 heteroatoms. The van der Waals surface area contributed by atoms with E-state index in [0.717, 1.165) is 18.8 Å². The Morgan fingerprint density at radius 3 is 2.58 bits per heavy atom. The van der Waals surface area contributed by atoms with Crippen molar-refractivity contribution in [2.45, 2.75) is 57.9 Å². The number of hydrogen-bond donors (Lipinski definition) is 2. The Labute approximate surface area is 117 Å². The average molecular weight is 261 g/mol. The lowest BCUT2D eigenvalue weighted by molar-refractivity contribution is 0.439. The summed E-state index contributed by atoms with van der Waals surface area (Å²) >= 11 is 0. The third-order valence-corrected chi connectivity index (χ3v) is 4.32. The maximum absolute atomic E-state index is 9.24. The van der Waals surface area contributed by atoms with Gasteiger partial charge in [0.1, 0.15) is 5.75 Å². The van der Waals surface area contributed by atoms with Crippen LogP contribution in [-0.2, 0) is 6.42 Å². The molecule has 106 valence electrons. The molecule has 0 bridgehead atoms. The summed E-state index contributed by atoms with van der Waals surface area (Å²) in [6.07, 6.45) is 9.38. The maximum Gasteiger partial charge on any atom is 0.115 e. The summed E-state index contributed by atoms with van der Waals surface area (Å²) in [5.41, 5.74) is 1.31. The lowest BCUT2D eigenvalue weighted by atomic mass is 10.0. The molecule has 1 unspecified atom stereocenters. The van der Waals surface area contributed by atoms with Gasteiger partial charge in [-0.25, -0.2) is 0 Å². The predicted molar refractivity (Wildman–Crippen MR) is 80.5 cm³/mol. The first-order chi connectivity index (χ1) is 9.24. The SMILES string of the molecule is CC(CCc1ccc(O)cc1)NCCC1CCCC1. The molecule has 0 aliphatic heterocycles. The van der Waals surface area contributed by atoms with Crippen molar-refractivity contribution in [1.29, 1.82) is 0 Å². The fraction of sp³-hybridized carbons (Fsp3) is 0.647. The fourth-order valence-electron chi connectivity index (χ4n) is 2.98. The van der Waals surface area contributed by atoms with E-state index in [-0.39, 0.29) is 0 Å². The zero-order chi connectivity index (χ0) is 13.5. The molecule has 0 heterocycles. The number of nitrogens with one attached hydrogen (secondary N) is 1. The Kier molecular flexibility index (Phi) is 5.71. The van der Waals surface area contributed by atoms with Crippen molar-refractivity contribution in [3.05, 3.63) is 29.8 Å². The van der Waals surface area contributed by atoms with Gasteiger partial charge in [-0.2, -0.15) is 0 Å². The zero-order valence-electron chi connectivity index (χ0n) is 12.1. The van der Waals surface area contributed by atoms with E-state index in [1.165, 1.54) is 44.2 Å². The molecule has 19 heavy (non-hydrogen) atoms. The van der Waals surface area contributed by atoms with Gasteiger partial charge in [-0.3, -0.25) is 0 Å². The van der Waals surface area contributed by atoms with Gasteiger partial charge >= 0.3 is 0 Å². The van der Waals surface area contributed by atoms with Gasteiger partial charge < -0.3 is 10.4 Å². The van der Waals surface area contributed by atoms with E-state index in [1.54, 1.807) is 12.1 Å². The summed E-state index contributed by atoms with van der Waals surface area (Å²) in [7, 11) is 0. The fourth-order valence-corrected chi connectivity index (χ4v) is 2.98. The molecule has 1 aliphatic rings. The number of aromatic hydroxyl groups is 1. The molecule has 0 radical (unpaired) electrons. The number of phenols is 1. The Bertz CT molecular complexity index is 354. The Hall–Kier alpha value is -1.02. The van der Waals surface area contributed by atoms with Crippen LogP contribution in [0, 0.1) is 5.92 Å². The highest BCUT2D eigenvalue weighted by atomic mass is 16.3. The van der Waals surface area contributed by atoms with E-state index in [0.29, 0.717) is 11.8 Å². The number of benzene rings is 1. The standard InChI is InChI=1S/C17H27NO/c1-14(18-13-12-15-4-2-3-5-15)6-7-16-8-10-17(19)11-9-16/h8-11,14-15,18-19H,2-7,12-13H2,1H3. The smallest absolute Gasteiger partial charge is 0.115 e. The largest absolute Gasteiger partial charge is 0.508 e. The second kappa shape index (κ2) is 7.54. The lowest BCUT2D eigenvalue weighted by Crippen LogP contribution is -2.28. The second-order valence-electron chi connectivity index (χ2n) is 6.00. The van der Waals surface area contributed by atoms with Gasteiger partial charge in [0.15, 0.2) is 0 Å². The molecular weight excluding hydrogens is 234 g/mol. The van der Waals surface area contributed by atoms with Crippen LogP contribution in [-0.4, -0.2) is 17.7 Å². The van der Waals surface area contributed by atoms with Crippen molar-refractivity contribution >= 4 is 0 Å². The summed E-state index contributed by atoms with van der Waals surface area (Å²) in [4.78, 5) is 0. The number of aryl methyl sites for hydroxylation is 1. The Morgan fingerprint density at radius 2 is 1.89 bits per heavy atom. The van der Waals surface area contributed by atoms with Gasteiger partial charge in [0, 0.05) is 6.04 Å². The van der Waals surface area contributed by atoms with Gasteiger partial charge in [0.05, 0.1) is 0 Å². The van der Waals surface area contributed by atoms with Crippen LogP contribution in [0.1, 0.15) is 51.0 Å². The highest BCUT2D eigenvalue weighted by Crippen LogP contribution is 2.26. The Morgan fingerprint density at radius 1 is 1.21 bits per heavy atom. The molecule has 0 spiro atoms. The zero-order valence-corrected chi connectivity index (χ0v) is 12.1. The second-order valence-corrected chi connectivity index (χ2v) is 6.00. The summed E-state index contributed by atoms with van der Waals surface area (Å²) in [6.45, 7) is 3.44. The number of phenolic OH excluding ortho intramolecular Hbond substituents is 1. The van der Waals surface area contributed by atoms with Crippen LogP contribution in [0.3, 0.4) is 0 Å². The highest BCUT2D eigenvalue weighted by Gasteiger charge is 2.14. The summed E-state index contributed by atoms with van der Waals surface area (Å²) in [6, 6.07) is 8.15. The first kappa shape index (κ1) is 14.4. The Balaban J connectivity index is 1.58. The molecular formula is C17H27NO. The molecule has 2 nitrogen and oxygen atoms in total. The predicted octanol–water partition coefficient (Wildman–Crippen LogP) is 3.88. The van der Waals surface area contributed by atoms with E-state index in [4.69, 9.17) is 0 Å². The molecule has 2 N–H and O–H groups in total. The maximum atomic E-state index is 9.24. The van der Waals surface area contributed by atoms with Crippen molar-refractivity contribution < 1.29 is 5.11 Å². The molecule has 1 aromatic carbocycles. The van der Waals surface area contributed by atoms with Crippen LogP contribution in [0.4, 0.5) is 0 Å². The van der Waals surface area contributed by atoms with Crippen molar-refractivity contribution in [1.82, 2.24) is 5.32 Å². The van der Waals surface area contributed by atoms with Gasteiger partial charge in [-0.1, -0.05) is 37.8 Å². The van der Waals surface area contributed by atoms with Crippen molar-refractivity contribution in [3.63, 3.8) is 0 Å². The normalized spacial score (nSPS) is 17.7. The van der Waals surface area contributed by atoms with Gasteiger partial charge in [-0.05, 0) is 56.3 Å². The first-order valence-corrected chi connectivity index (χ1v) is 7.75. The van der Waals surface area contributed by atoms with Crippen LogP contribution in [0.2, 0.25) is 0 Å². The molecule has 1 atom stereocenters. The van der Waals surface area contributed by atoms with Crippen molar-refractivity contribution in [2.75, 3.05) is 6.54 Å². The van der Waals surface area contributed by atoms with Crippen LogP contribution in [0.15, 0.2) is 24.3 Å². The van der Waals surface area contributed by atoms with E-state index in [1.807, 2.05) is 12.1 Å². The van der Waals surface area contributed by atoms with E-state index in [2.05, 4.69) is 12.2 Å². The van der Waals surface area contributed by atoms with E-state index < -0.39 is 0 Å². The topological polar surface area (TPSA) is 32.3 Å². The monoisotopic (exact) mass is 261 g/mol. The summed E-state index contributed by atoms with van der Waals surface area (Å²) < 4.78 is 0. The molecule has 0 saturated heterocycles. The molecule has 1 aromatic rings. The molecule has 1 fully saturated rings. The third kappa shape index (κ3) is 5.23. The van der Waals surface area contributed by atoms with E-state index in [9.17, 15) is 5.11 Å². The number of rotatable bonds is 7. The van der Waals surface area contributed by atoms with Crippen LogP contribution < -0.4 is 5.32 Å². The minimum atomic E-state index is 0.353. The average Bonchev–Trinajstić information content (AvgIpc) is 2.91. The first-order valence-electron chi connectivity index (χ1n) is 7.75. The van der Waals surface area contributed by atoms with Crippen molar-refractivity contribution in [3.8, 4) is 5.75 Å². The minimum Gasteiger partial charge on any atom is -0.508 e. The van der Waals surface area contributed by atoms with Crippen LogP contribution in [0.25, 0.3) is 0 Å². The van der Waals surface area contributed by atoms with Crippen molar-refractivity contribution in [2.24, 2.45) is 5.92 Å². The quantitative estimate of drug-likeness (QED) is 0.780. The lowest BCUT2D eigenvalue weighted by Gasteiger charge is -2.15. The summed E-state index contributed by atoms with van der Waals surface area (Å²) in [5, 5.41) is 12.9. The highest BCUT2D eigenvalue weighted by molar-refractivity contribution is 5.25. The van der Waals surface area contributed by atoms with Crippen LogP contribution in [0.5, 0.6) is 5.75 Å². The minimum absolute atomic E-state index is 0.353. The molecule has 0 aromatic heterocycles. The third-order valence-electron chi connectivity index (χ3n) is 4.32. The molecule has 1 saturated carbocycles. The molecule has 0 amide bonds. The van der Waals surface area contributed by atoms with Gasteiger partial charge in [0.25, 0.3) is 0 Å².